The number of hydrogen-bond donors (Lipinski definition) is 1. The molecule has 3 saturated heterocycles. The van der Waals surface area contributed by atoms with Gasteiger partial charge in [-0.2, -0.15) is 4.98 Å². The third-order valence-corrected chi connectivity index (χ3v) is 13.8. The zero-order valence-corrected chi connectivity index (χ0v) is 38.4. The van der Waals surface area contributed by atoms with Crippen LogP contribution < -0.4 is 9.47 Å². The maximum atomic E-state index is 11.0. The molecule has 2 bridgehead atoms. The molecule has 330 valence electrons. The molecular formula is C58H54ClN4O3+. The van der Waals surface area contributed by atoms with E-state index in [2.05, 4.69) is 112 Å². The zero-order chi connectivity index (χ0) is 45.4. The fourth-order valence-corrected chi connectivity index (χ4v) is 10.8. The van der Waals surface area contributed by atoms with Gasteiger partial charge in [0.25, 0.3) is 0 Å². The molecule has 3 aliphatic heterocycles. The predicted molar refractivity (Wildman–Crippen MR) is 266 cm³/mol. The van der Waals surface area contributed by atoms with Gasteiger partial charge in [0, 0.05) is 58.2 Å². The lowest BCUT2D eigenvalue weighted by Gasteiger charge is -2.58. The van der Waals surface area contributed by atoms with Crippen LogP contribution >= 0.6 is 11.6 Å². The smallest absolute Gasteiger partial charge is 0.227 e. The van der Waals surface area contributed by atoms with Crippen molar-refractivity contribution in [2.45, 2.75) is 57.9 Å². The Bertz CT molecular complexity index is 2960. The SMILES string of the molecule is C=C[C@H]1C[N@+]2(Cc3cc(-c4ccccc4)c(OC(C)(C)C)c(-c4ccccc4)c3)CC[C@H]1C[C@@H]2[C@H](Oc1nc(-c2ccccc2)nc(Cl)c1-c1ccccc1)c1ccnc2ccc(O)cc12. The number of aromatic nitrogens is 3. The Morgan fingerprint density at radius 3 is 1.98 bits per heavy atom. The van der Waals surface area contributed by atoms with Crippen LogP contribution in [0, 0.1) is 11.8 Å². The highest BCUT2D eigenvalue weighted by Crippen LogP contribution is 2.51. The molecule has 3 aliphatic rings. The Morgan fingerprint density at radius 2 is 1.38 bits per heavy atom. The molecule has 66 heavy (non-hydrogen) atoms. The van der Waals surface area contributed by atoms with Crippen LogP contribution in [0.1, 0.15) is 50.8 Å². The van der Waals surface area contributed by atoms with Crippen LogP contribution in [0.25, 0.3) is 55.7 Å². The van der Waals surface area contributed by atoms with E-state index in [1.54, 1.807) is 6.07 Å². The molecule has 0 unspecified atom stereocenters. The molecule has 5 heterocycles. The number of ether oxygens (including phenoxy) is 2. The Kier molecular flexibility index (Phi) is 11.7. The molecule has 1 N–H and O–H groups in total. The van der Waals surface area contributed by atoms with E-state index in [4.69, 9.17) is 36.0 Å². The number of piperidine rings is 3. The number of hydrogen-bond acceptors (Lipinski definition) is 6. The lowest BCUT2D eigenvalue weighted by atomic mass is 9.71. The number of aromatic hydroxyl groups is 1. The van der Waals surface area contributed by atoms with Gasteiger partial charge in [0.1, 0.15) is 34.8 Å². The molecule has 8 heteroatoms. The summed E-state index contributed by atoms with van der Waals surface area (Å²) in [6.07, 6.45) is 5.43. The first kappa shape index (κ1) is 43.1. The first-order chi connectivity index (χ1) is 32.1. The van der Waals surface area contributed by atoms with Crippen molar-refractivity contribution < 1.29 is 19.1 Å². The minimum atomic E-state index is -0.548. The highest BCUT2D eigenvalue weighted by atomic mass is 35.5. The van der Waals surface area contributed by atoms with Crippen LogP contribution in [-0.2, 0) is 6.54 Å². The minimum absolute atomic E-state index is 0.0590. The fraction of sp³-hybridized carbons (Fsp3) is 0.224. The second kappa shape index (κ2) is 17.9. The quantitative estimate of drug-likeness (QED) is 0.0748. The van der Waals surface area contributed by atoms with Crippen molar-refractivity contribution in [3.8, 4) is 62.1 Å². The van der Waals surface area contributed by atoms with Gasteiger partial charge in [0.05, 0.1) is 24.2 Å². The van der Waals surface area contributed by atoms with Gasteiger partial charge in [-0.3, -0.25) is 4.98 Å². The Morgan fingerprint density at radius 1 is 0.773 bits per heavy atom. The number of fused-ring (bicyclic) bond motifs is 4. The zero-order valence-electron chi connectivity index (χ0n) is 37.6. The van der Waals surface area contributed by atoms with E-state index in [1.165, 1.54) is 5.56 Å². The van der Waals surface area contributed by atoms with E-state index in [0.717, 1.165) is 92.6 Å². The molecule has 0 amide bonds. The van der Waals surface area contributed by atoms with Crippen molar-refractivity contribution in [2.24, 2.45) is 11.8 Å². The van der Waals surface area contributed by atoms with Crippen molar-refractivity contribution in [3.63, 3.8) is 0 Å². The molecule has 0 saturated carbocycles. The number of pyridine rings is 1. The summed E-state index contributed by atoms with van der Waals surface area (Å²) in [7, 11) is 0. The first-order valence-electron chi connectivity index (χ1n) is 22.9. The number of halogens is 1. The summed E-state index contributed by atoms with van der Waals surface area (Å²) in [5.41, 5.74) is 9.10. The molecule has 5 atom stereocenters. The maximum Gasteiger partial charge on any atom is 0.227 e. The van der Waals surface area contributed by atoms with Crippen LogP contribution in [0.15, 0.2) is 177 Å². The Labute approximate surface area is 392 Å². The van der Waals surface area contributed by atoms with Gasteiger partial charge in [-0.15, -0.1) is 6.58 Å². The molecule has 0 aliphatic carbocycles. The Balaban J connectivity index is 1.19. The van der Waals surface area contributed by atoms with Crippen molar-refractivity contribution in [1.29, 1.82) is 0 Å². The van der Waals surface area contributed by atoms with Gasteiger partial charge in [-0.1, -0.05) is 139 Å². The normalized spacial score (nSPS) is 19.6. The summed E-state index contributed by atoms with van der Waals surface area (Å²) < 4.78 is 15.4. The second-order valence-electron chi connectivity index (χ2n) is 18.9. The third-order valence-electron chi connectivity index (χ3n) is 13.5. The molecule has 2 aromatic heterocycles. The number of phenols is 1. The lowest BCUT2D eigenvalue weighted by molar-refractivity contribution is -0.984. The molecule has 3 fully saturated rings. The minimum Gasteiger partial charge on any atom is -0.508 e. The highest BCUT2D eigenvalue weighted by Gasteiger charge is 2.55. The molecule has 8 aromatic rings. The monoisotopic (exact) mass is 889 g/mol. The van der Waals surface area contributed by atoms with Gasteiger partial charge in [0.2, 0.25) is 5.88 Å². The number of rotatable bonds is 12. The van der Waals surface area contributed by atoms with E-state index in [0.29, 0.717) is 34.3 Å². The van der Waals surface area contributed by atoms with Crippen LogP contribution in [0.5, 0.6) is 17.4 Å². The van der Waals surface area contributed by atoms with E-state index >= 15 is 0 Å². The number of quaternary nitrogens is 1. The molecule has 7 nitrogen and oxygen atoms in total. The van der Waals surface area contributed by atoms with E-state index in [9.17, 15) is 5.11 Å². The number of nitrogens with zero attached hydrogens (tertiary/aromatic N) is 4. The summed E-state index contributed by atoms with van der Waals surface area (Å²) in [6, 6.07) is 53.2. The fourth-order valence-electron chi connectivity index (χ4n) is 10.5. The van der Waals surface area contributed by atoms with E-state index in [1.807, 2.05) is 79.0 Å². The van der Waals surface area contributed by atoms with Crippen molar-refractivity contribution in [2.75, 3.05) is 13.1 Å². The van der Waals surface area contributed by atoms with Crippen LogP contribution in [0.3, 0.4) is 0 Å². The van der Waals surface area contributed by atoms with Crippen molar-refractivity contribution in [1.82, 2.24) is 15.0 Å². The molecule has 0 spiro atoms. The van der Waals surface area contributed by atoms with Gasteiger partial charge < -0.3 is 19.1 Å². The summed E-state index contributed by atoms with van der Waals surface area (Å²) in [5, 5.41) is 12.2. The van der Waals surface area contributed by atoms with Gasteiger partial charge in [-0.05, 0) is 79.8 Å². The average Bonchev–Trinajstić information content (AvgIpc) is 3.34. The van der Waals surface area contributed by atoms with Crippen molar-refractivity contribution in [3.05, 3.63) is 193 Å². The summed E-state index contributed by atoms with van der Waals surface area (Å²) in [5.74, 6) is 2.64. The standard InChI is InChI=1S/C58H53ClN4O3/c1-5-39-37-63(36-38-32-47(40-18-10-6-11-19-40)53(66-58(2,3)4)48(33-38)41-20-12-7-13-21-41)31-29-44(39)34-51(63)54(46-28-30-60-50-27-26-45(64)35-49(46)50)65-57-52(42-22-14-8-15-23-42)55(59)61-56(62-57)43-24-16-9-17-25-43/h5-28,30,32-33,35,39,44,51,54H,1,29,31,34,36-37H2,2-4H3/p+1/t39-,44-,51+,54+,63+/m0/s1. The number of benzene rings is 6. The lowest BCUT2D eigenvalue weighted by Crippen LogP contribution is -2.68. The molecule has 11 rings (SSSR count). The third kappa shape index (κ3) is 8.57. The summed E-state index contributed by atoms with van der Waals surface area (Å²) in [4.78, 5) is 14.9. The molecular weight excluding hydrogens is 836 g/mol. The Hall–Kier alpha value is -6.80. The van der Waals surface area contributed by atoms with Gasteiger partial charge in [-0.25, -0.2) is 4.98 Å². The highest BCUT2D eigenvalue weighted by molar-refractivity contribution is 6.32. The van der Waals surface area contributed by atoms with Gasteiger partial charge in [0.15, 0.2) is 11.9 Å². The van der Waals surface area contributed by atoms with Crippen LogP contribution in [0.4, 0.5) is 0 Å². The average molecular weight is 891 g/mol. The summed E-state index contributed by atoms with van der Waals surface area (Å²) in [6.45, 7) is 13.3. The van der Waals surface area contributed by atoms with Crippen LogP contribution in [0.2, 0.25) is 5.15 Å². The van der Waals surface area contributed by atoms with E-state index in [-0.39, 0.29) is 11.8 Å². The number of phenolic OH excluding ortho intramolecular Hbond substituents is 1. The summed E-state index contributed by atoms with van der Waals surface area (Å²) >= 11 is 7.27. The first-order valence-corrected chi connectivity index (χ1v) is 23.3. The largest absolute Gasteiger partial charge is 0.508 e. The predicted octanol–water partition coefficient (Wildman–Crippen LogP) is 14.0. The van der Waals surface area contributed by atoms with Gasteiger partial charge >= 0.3 is 0 Å². The van der Waals surface area contributed by atoms with E-state index < -0.39 is 11.7 Å². The topological polar surface area (TPSA) is 77.4 Å². The van der Waals surface area contributed by atoms with Crippen molar-refractivity contribution >= 4 is 22.5 Å². The van der Waals surface area contributed by atoms with Crippen LogP contribution in [-0.4, -0.2) is 49.3 Å². The second-order valence-corrected chi connectivity index (χ2v) is 19.2. The molecule has 6 aromatic carbocycles. The maximum absolute atomic E-state index is 11.0. The molecule has 0 radical (unpaired) electrons.